The summed E-state index contributed by atoms with van der Waals surface area (Å²) in [6, 6.07) is 0. The van der Waals surface area contributed by atoms with Gasteiger partial charge in [0.25, 0.3) is 0 Å². The van der Waals surface area contributed by atoms with Crippen molar-refractivity contribution in [1.29, 1.82) is 0 Å². The lowest BCUT2D eigenvalue weighted by Gasteiger charge is -2.35. The van der Waals surface area contributed by atoms with E-state index in [1.165, 1.54) is 57.8 Å². The Morgan fingerprint density at radius 2 is 1.63 bits per heavy atom. The first-order chi connectivity index (χ1) is 9.43. The van der Waals surface area contributed by atoms with Crippen LogP contribution in [0.25, 0.3) is 0 Å². The van der Waals surface area contributed by atoms with Gasteiger partial charge in [-0.2, -0.15) is 0 Å². The molecule has 1 aliphatic heterocycles. The molecule has 1 atom stereocenters. The zero-order chi connectivity index (χ0) is 12.9. The Morgan fingerprint density at radius 3 is 2.42 bits per heavy atom. The molecule has 0 N–H and O–H groups in total. The largest absolute Gasteiger partial charge is 0.350 e. The summed E-state index contributed by atoms with van der Waals surface area (Å²) < 4.78 is 11.1. The molecule has 0 aromatic rings. The Bertz CT molecular complexity index is 298. The molecule has 0 radical (unpaired) electrons. The van der Waals surface area contributed by atoms with Crippen LogP contribution < -0.4 is 0 Å². The molecule has 0 aromatic carbocycles. The van der Waals surface area contributed by atoms with Crippen LogP contribution >= 0.6 is 0 Å². The van der Waals surface area contributed by atoms with E-state index in [2.05, 4.69) is 6.08 Å². The summed E-state index contributed by atoms with van der Waals surface area (Å²) in [5.74, 6) is 1.86. The minimum absolute atomic E-state index is 0.0430. The Morgan fingerprint density at radius 1 is 0.895 bits per heavy atom. The van der Waals surface area contributed by atoms with Crippen molar-refractivity contribution in [3.05, 3.63) is 11.6 Å². The third kappa shape index (κ3) is 3.61. The topological polar surface area (TPSA) is 18.5 Å². The third-order valence-electron chi connectivity index (χ3n) is 5.19. The van der Waals surface area contributed by atoms with E-state index < -0.39 is 0 Å². The van der Waals surface area contributed by atoms with Gasteiger partial charge in [0.2, 0.25) is 0 Å². The van der Waals surface area contributed by atoms with Gasteiger partial charge in [0.05, 0.1) is 13.2 Å². The number of hydrogen-bond acceptors (Lipinski definition) is 2. The zero-order valence-electron chi connectivity index (χ0n) is 12.1. The highest BCUT2D eigenvalue weighted by molar-refractivity contribution is 5.11. The highest BCUT2D eigenvalue weighted by atomic mass is 16.7. The van der Waals surface area contributed by atoms with E-state index in [1.807, 2.05) is 0 Å². The molecule has 3 aliphatic rings. The molecule has 3 fully saturated rings. The van der Waals surface area contributed by atoms with Crippen molar-refractivity contribution in [3.8, 4) is 0 Å². The molecule has 1 unspecified atom stereocenters. The van der Waals surface area contributed by atoms with Crippen molar-refractivity contribution in [2.24, 2.45) is 11.8 Å². The molecule has 3 rings (SSSR count). The normalized spacial score (nSPS) is 33.1. The molecule has 0 bridgehead atoms. The summed E-state index contributed by atoms with van der Waals surface area (Å²) in [6.45, 7) is 1.56. The minimum atomic E-state index is 0.0430. The van der Waals surface area contributed by atoms with Crippen LogP contribution in [0.5, 0.6) is 0 Å². The van der Waals surface area contributed by atoms with Crippen molar-refractivity contribution in [2.45, 2.75) is 70.5 Å². The predicted octanol–water partition coefficient (Wildman–Crippen LogP) is 4.45. The molecule has 0 spiro atoms. The van der Waals surface area contributed by atoms with Gasteiger partial charge >= 0.3 is 0 Å². The molecular weight excluding hydrogens is 236 g/mol. The van der Waals surface area contributed by atoms with Crippen LogP contribution in [0, 0.1) is 11.8 Å². The van der Waals surface area contributed by atoms with Crippen molar-refractivity contribution in [2.75, 3.05) is 13.2 Å². The van der Waals surface area contributed by atoms with Gasteiger partial charge in [0, 0.05) is 6.42 Å². The Labute approximate surface area is 117 Å². The summed E-state index contributed by atoms with van der Waals surface area (Å²) in [7, 11) is 0. The van der Waals surface area contributed by atoms with Crippen LogP contribution in [0.2, 0.25) is 0 Å². The summed E-state index contributed by atoms with van der Waals surface area (Å²) in [5.41, 5.74) is 1.73. The van der Waals surface area contributed by atoms with Gasteiger partial charge in [-0.05, 0) is 43.9 Å². The minimum Gasteiger partial charge on any atom is -0.350 e. The summed E-state index contributed by atoms with van der Waals surface area (Å²) in [4.78, 5) is 0. The van der Waals surface area contributed by atoms with E-state index in [-0.39, 0.29) is 6.29 Å². The van der Waals surface area contributed by atoms with E-state index in [1.54, 1.807) is 5.57 Å². The van der Waals surface area contributed by atoms with Gasteiger partial charge in [-0.25, -0.2) is 0 Å². The summed E-state index contributed by atoms with van der Waals surface area (Å²) in [6.07, 6.45) is 16.4. The van der Waals surface area contributed by atoms with E-state index in [4.69, 9.17) is 9.47 Å². The lowest BCUT2D eigenvalue weighted by molar-refractivity contribution is -0.0383. The molecule has 1 heterocycles. The van der Waals surface area contributed by atoms with Crippen LogP contribution in [0.15, 0.2) is 11.6 Å². The van der Waals surface area contributed by atoms with E-state index in [9.17, 15) is 0 Å². The van der Waals surface area contributed by atoms with Crippen molar-refractivity contribution in [1.82, 2.24) is 0 Å². The van der Waals surface area contributed by atoms with Crippen molar-refractivity contribution < 1.29 is 9.47 Å². The van der Waals surface area contributed by atoms with E-state index in [0.29, 0.717) is 0 Å². The monoisotopic (exact) mass is 264 g/mol. The first kappa shape index (κ1) is 13.6. The maximum absolute atomic E-state index is 5.56. The summed E-state index contributed by atoms with van der Waals surface area (Å²) >= 11 is 0. The second kappa shape index (κ2) is 6.90. The van der Waals surface area contributed by atoms with Crippen LogP contribution in [-0.2, 0) is 9.47 Å². The molecule has 19 heavy (non-hydrogen) atoms. The standard InChI is InChI=1S/C17H28O2/c1-2-6-14(7-3-1)16-9-5-4-8-15(16)10-11-17-18-12-13-19-17/h10,14,16-17H,1-9,11-13H2. The fraction of sp³-hybridized carbons (Fsp3) is 0.882. The van der Waals surface area contributed by atoms with Gasteiger partial charge < -0.3 is 9.47 Å². The number of rotatable bonds is 3. The zero-order valence-corrected chi connectivity index (χ0v) is 12.1. The van der Waals surface area contributed by atoms with Gasteiger partial charge in [-0.1, -0.05) is 37.3 Å². The molecule has 2 nitrogen and oxygen atoms in total. The lowest BCUT2D eigenvalue weighted by Crippen LogP contribution is -2.23. The smallest absolute Gasteiger partial charge is 0.161 e. The van der Waals surface area contributed by atoms with Gasteiger partial charge in [0.1, 0.15) is 0 Å². The second-order valence-corrected chi connectivity index (χ2v) is 6.44. The van der Waals surface area contributed by atoms with Crippen LogP contribution in [0.4, 0.5) is 0 Å². The molecule has 2 aliphatic carbocycles. The lowest BCUT2D eigenvalue weighted by atomic mass is 9.70. The van der Waals surface area contributed by atoms with Gasteiger partial charge in [-0.15, -0.1) is 0 Å². The second-order valence-electron chi connectivity index (χ2n) is 6.44. The molecule has 0 aromatic heterocycles. The Hall–Kier alpha value is -0.340. The fourth-order valence-corrected chi connectivity index (χ4v) is 4.18. The number of allylic oxidation sites excluding steroid dienone is 1. The highest BCUT2D eigenvalue weighted by Gasteiger charge is 2.28. The van der Waals surface area contributed by atoms with Crippen LogP contribution in [-0.4, -0.2) is 19.5 Å². The van der Waals surface area contributed by atoms with Gasteiger partial charge in [0.15, 0.2) is 6.29 Å². The average Bonchev–Trinajstić information content (AvgIpc) is 3.00. The van der Waals surface area contributed by atoms with Crippen molar-refractivity contribution >= 4 is 0 Å². The quantitative estimate of drug-likeness (QED) is 0.701. The molecule has 2 saturated carbocycles. The van der Waals surface area contributed by atoms with Crippen molar-refractivity contribution in [3.63, 3.8) is 0 Å². The first-order valence-electron chi connectivity index (χ1n) is 8.35. The predicted molar refractivity (Wildman–Crippen MR) is 76.9 cm³/mol. The van der Waals surface area contributed by atoms with Gasteiger partial charge in [-0.3, -0.25) is 0 Å². The van der Waals surface area contributed by atoms with E-state index >= 15 is 0 Å². The molecular formula is C17H28O2. The molecule has 108 valence electrons. The average molecular weight is 264 g/mol. The number of ether oxygens (including phenoxy) is 2. The highest BCUT2D eigenvalue weighted by Crippen LogP contribution is 2.41. The SMILES string of the molecule is C(CC1OCCO1)=C1CCCCC1C1CCCCC1. The van der Waals surface area contributed by atoms with Crippen LogP contribution in [0.1, 0.15) is 64.2 Å². The molecule has 0 amide bonds. The Kier molecular flexibility index (Phi) is 4.95. The molecule has 2 heteroatoms. The third-order valence-corrected chi connectivity index (χ3v) is 5.19. The Balaban J connectivity index is 1.60. The maximum atomic E-state index is 5.56. The fourth-order valence-electron chi connectivity index (χ4n) is 4.18. The molecule has 1 saturated heterocycles. The maximum Gasteiger partial charge on any atom is 0.161 e. The van der Waals surface area contributed by atoms with Crippen LogP contribution in [0.3, 0.4) is 0 Å². The first-order valence-corrected chi connectivity index (χ1v) is 8.35. The van der Waals surface area contributed by atoms with E-state index in [0.717, 1.165) is 31.5 Å². The number of hydrogen-bond donors (Lipinski definition) is 0. The summed E-state index contributed by atoms with van der Waals surface area (Å²) in [5, 5.41) is 0.